The van der Waals surface area contributed by atoms with Crippen molar-refractivity contribution in [1.29, 1.82) is 0 Å². The number of hydrogen-bond acceptors (Lipinski definition) is 4. The van der Waals surface area contributed by atoms with Gasteiger partial charge in [-0.2, -0.15) is 5.10 Å². The van der Waals surface area contributed by atoms with Gasteiger partial charge < -0.3 is 15.5 Å². The molecule has 0 aliphatic carbocycles. The Morgan fingerprint density at radius 1 is 1.21 bits per heavy atom. The van der Waals surface area contributed by atoms with E-state index in [9.17, 15) is 4.79 Å². The molecule has 3 rings (SSSR count). The molecule has 1 saturated heterocycles. The fourth-order valence-electron chi connectivity index (χ4n) is 3.02. The maximum atomic E-state index is 12.0. The highest BCUT2D eigenvalue weighted by Crippen LogP contribution is 2.21. The van der Waals surface area contributed by atoms with Crippen molar-refractivity contribution >= 4 is 41.5 Å². The molecule has 8 nitrogen and oxygen atoms in total. The Kier molecular flexibility index (Phi) is 8.68. The number of benzene rings is 1. The molecule has 2 N–H and O–H groups in total. The van der Waals surface area contributed by atoms with Crippen molar-refractivity contribution in [3.8, 4) is 0 Å². The van der Waals surface area contributed by atoms with Gasteiger partial charge in [0.25, 0.3) is 0 Å². The van der Waals surface area contributed by atoms with E-state index in [-0.39, 0.29) is 29.9 Å². The zero-order chi connectivity index (χ0) is 19.1. The SMILES string of the molecule is CCNC(=NCc1ccc(N2CCCCC2=O)cc1)NCc1ncnn1C.I. The quantitative estimate of drug-likeness (QED) is 0.363. The molecule has 0 unspecified atom stereocenters. The molecule has 152 valence electrons. The minimum Gasteiger partial charge on any atom is -0.357 e. The summed E-state index contributed by atoms with van der Waals surface area (Å²) in [5, 5.41) is 10.6. The minimum atomic E-state index is 0. The lowest BCUT2D eigenvalue weighted by atomic mass is 10.1. The van der Waals surface area contributed by atoms with Crippen LogP contribution in [0.1, 0.15) is 37.6 Å². The Bertz CT molecular complexity index is 788. The number of carbonyl (C=O) groups excluding carboxylic acids is 1. The smallest absolute Gasteiger partial charge is 0.226 e. The Morgan fingerprint density at radius 3 is 2.64 bits per heavy atom. The molecule has 1 fully saturated rings. The third kappa shape index (κ3) is 5.91. The van der Waals surface area contributed by atoms with E-state index in [1.165, 1.54) is 6.33 Å². The second kappa shape index (κ2) is 11.0. The van der Waals surface area contributed by atoms with Crippen LogP contribution >= 0.6 is 24.0 Å². The molecular weight excluding hydrogens is 469 g/mol. The summed E-state index contributed by atoms with van der Waals surface area (Å²) >= 11 is 0. The Labute approximate surface area is 182 Å². The van der Waals surface area contributed by atoms with Gasteiger partial charge >= 0.3 is 0 Å². The third-order valence-electron chi connectivity index (χ3n) is 4.55. The van der Waals surface area contributed by atoms with Crippen molar-refractivity contribution in [2.75, 3.05) is 18.0 Å². The van der Waals surface area contributed by atoms with E-state index in [0.29, 0.717) is 19.5 Å². The predicted molar refractivity (Wildman–Crippen MR) is 121 cm³/mol. The molecule has 1 aliphatic rings. The van der Waals surface area contributed by atoms with E-state index in [2.05, 4.69) is 25.7 Å². The van der Waals surface area contributed by atoms with Crippen molar-refractivity contribution < 1.29 is 4.79 Å². The largest absolute Gasteiger partial charge is 0.357 e. The van der Waals surface area contributed by atoms with E-state index in [0.717, 1.165) is 49.0 Å². The van der Waals surface area contributed by atoms with Crippen LogP contribution in [-0.2, 0) is 24.9 Å². The van der Waals surface area contributed by atoms with Crippen molar-refractivity contribution in [2.24, 2.45) is 12.0 Å². The fraction of sp³-hybridized carbons (Fsp3) is 0.474. The summed E-state index contributed by atoms with van der Waals surface area (Å²) in [5.41, 5.74) is 2.07. The highest BCUT2D eigenvalue weighted by molar-refractivity contribution is 14.0. The van der Waals surface area contributed by atoms with E-state index in [1.807, 2.05) is 43.1 Å². The number of nitrogens with one attached hydrogen (secondary N) is 2. The molecule has 0 bridgehead atoms. The van der Waals surface area contributed by atoms with Gasteiger partial charge in [-0.05, 0) is 37.5 Å². The predicted octanol–water partition coefficient (Wildman–Crippen LogP) is 2.21. The molecule has 0 spiro atoms. The van der Waals surface area contributed by atoms with Gasteiger partial charge in [0.2, 0.25) is 5.91 Å². The Hall–Kier alpha value is -2.17. The number of hydrogen-bond donors (Lipinski definition) is 2. The molecule has 9 heteroatoms. The van der Waals surface area contributed by atoms with Gasteiger partial charge in [-0.15, -0.1) is 24.0 Å². The van der Waals surface area contributed by atoms with Crippen LogP contribution in [-0.4, -0.2) is 39.7 Å². The molecule has 0 atom stereocenters. The fourth-order valence-corrected chi connectivity index (χ4v) is 3.02. The molecule has 2 aromatic rings. The maximum Gasteiger partial charge on any atom is 0.226 e. The number of aliphatic imine (C=N–C) groups is 1. The van der Waals surface area contributed by atoms with Crippen molar-refractivity contribution in [3.05, 3.63) is 42.0 Å². The summed E-state index contributed by atoms with van der Waals surface area (Å²) in [6, 6.07) is 8.09. The second-order valence-electron chi connectivity index (χ2n) is 6.52. The number of carbonyl (C=O) groups is 1. The van der Waals surface area contributed by atoms with Crippen LogP contribution in [0.15, 0.2) is 35.6 Å². The average molecular weight is 497 g/mol. The normalized spacial score (nSPS) is 14.6. The van der Waals surface area contributed by atoms with Gasteiger partial charge in [0.1, 0.15) is 12.2 Å². The van der Waals surface area contributed by atoms with E-state index < -0.39 is 0 Å². The number of aryl methyl sites for hydroxylation is 1. The van der Waals surface area contributed by atoms with Gasteiger partial charge in [0, 0.05) is 32.2 Å². The summed E-state index contributed by atoms with van der Waals surface area (Å²) in [4.78, 5) is 22.7. The van der Waals surface area contributed by atoms with Crippen LogP contribution in [0.25, 0.3) is 0 Å². The first kappa shape index (κ1) is 22.1. The summed E-state index contributed by atoms with van der Waals surface area (Å²) in [6.45, 7) is 4.73. The zero-order valence-corrected chi connectivity index (χ0v) is 18.7. The van der Waals surface area contributed by atoms with E-state index >= 15 is 0 Å². The Morgan fingerprint density at radius 2 is 2.00 bits per heavy atom. The first-order valence-corrected chi connectivity index (χ1v) is 9.41. The highest BCUT2D eigenvalue weighted by atomic mass is 127. The summed E-state index contributed by atoms with van der Waals surface area (Å²) in [6.07, 6.45) is 4.25. The third-order valence-corrected chi connectivity index (χ3v) is 4.55. The lowest BCUT2D eigenvalue weighted by molar-refractivity contribution is -0.119. The zero-order valence-electron chi connectivity index (χ0n) is 16.4. The summed E-state index contributed by atoms with van der Waals surface area (Å²) < 4.78 is 1.73. The van der Waals surface area contributed by atoms with Gasteiger partial charge in [-0.25, -0.2) is 9.98 Å². The van der Waals surface area contributed by atoms with Gasteiger partial charge in [0.15, 0.2) is 5.96 Å². The number of aromatic nitrogens is 3. The molecule has 1 amide bonds. The topological polar surface area (TPSA) is 87.4 Å². The maximum absolute atomic E-state index is 12.0. The van der Waals surface area contributed by atoms with Crippen LogP contribution < -0.4 is 15.5 Å². The number of halogens is 1. The summed E-state index contributed by atoms with van der Waals surface area (Å²) in [7, 11) is 1.86. The van der Waals surface area contributed by atoms with Crippen LogP contribution in [0.3, 0.4) is 0 Å². The number of anilines is 1. The standard InChI is InChI=1S/C19H27N7O.HI/c1-3-20-19(22-13-17-23-14-24-25(17)2)21-12-15-7-9-16(10-8-15)26-11-5-4-6-18(26)27;/h7-10,14H,3-6,11-13H2,1-2H3,(H2,20,21,22);1H. The van der Waals surface area contributed by atoms with E-state index in [1.54, 1.807) is 4.68 Å². The molecule has 1 aliphatic heterocycles. The Balaban J connectivity index is 0.00000280. The second-order valence-corrected chi connectivity index (χ2v) is 6.52. The van der Waals surface area contributed by atoms with E-state index in [4.69, 9.17) is 0 Å². The number of piperidine rings is 1. The van der Waals surface area contributed by atoms with Gasteiger partial charge in [-0.1, -0.05) is 12.1 Å². The lowest BCUT2D eigenvalue weighted by Gasteiger charge is -2.26. The minimum absolute atomic E-state index is 0. The van der Waals surface area contributed by atoms with Crippen molar-refractivity contribution in [1.82, 2.24) is 25.4 Å². The highest BCUT2D eigenvalue weighted by Gasteiger charge is 2.19. The monoisotopic (exact) mass is 497 g/mol. The van der Waals surface area contributed by atoms with Crippen LogP contribution in [0.5, 0.6) is 0 Å². The molecule has 28 heavy (non-hydrogen) atoms. The molecule has 0 radical (unpaired) electrons. The molecule has 0 saturated carbocycles. The molecule has 1 aromatic carbocycles. The first-order chi connectivity index (χ1) is 13.2. The van der Waals surface area contributed by atoms with Gasteiger partial charge in [-0.3, -0.25) is 9.48 Å². The van der Waals surface area contributed by atoms with Crippen LogP contribution in [0.2, 0.25) is 0 Å². The average Bonchev–Trinajstić information content (AvgIpc) is 3.10. The van der Waals surface area contributed by atoms with Crippen molar-refractivity contribution in [2.45, 2.75) is 39.3 Å². The number of amides is 1. The molecule has 2 heterocycles. The molecule has 1 aromatic heterocycles. The van der Waals surface area contributed by atoms with Crippen molar-refractivity contribution in [3.63, 3.8) is 0 Å². The molecular formula is C19H28IN7O. The number of rotatable bonds is 6. The van der Waals surface area contributed by atoms with Crippen LogP contribution in [0.4, 0.5) is 5.69 Å². The van der Waals surface area contributed by atoms with Gasteiger partial charge in [0.05, 0.1) is 13.1 Å². The summed E-state index contributed by atoms with van der Waals surface area (Å²) in [5.74, 6) is 1.79. The van der Waals surface area contributed by atoms with Crippen LogP contribution in [0, 0.1) is 0 Å². The first-order valence-electron chi connectivity index (χ1n) is 9.41. The number of nitrogens with zero attached hydrogens (tertiary/aromatic N) is 5. The number of guanidine groups is 1. The lowest BCUT2D eigenvalue weighted by Crippen LogP contribution is -2.37.